The van der Waals surface area contributed by atoms with Crippen LogP contribution in [0, 0.1) is 5.82 Å². The third-order valence-corrected chi connectivity index (χ3v) is 6.97. The maximum atomic E-state index is 14.7. The molecule has 0 radical (unpaired) electrons. The molecule has 0 unspecified atom stereocenters. The van der Waals surface area contributed by atoms with Crippen molar-refractivity contribution in [2.75, 3.05) is 11.9 Å². The van der Waals surface area contributed by atoms with Crippen LogP contribution in [0.5, 0.6) is 5.88 Å². The minimum atomic E-state index is -3.61. The Bertz CT molecular complexity index is 1330. The number of rotatable bonds is 3. The molecule has 0 spiro atoms. The van der Waals surface area contributed by atoms with Crippen LogP contribution in [0.4, 0.5) is 14.9 Å². The van der Waals surface area contributed by atoms with E-state index in [4.69, 9.17) is 9.88 Å². The fourth-order valence-electron chi connectivity index (χ4n) is 4.18. The number of amides is 2. The van der Waals surface area contributed by atoms with Gasteiger partial charge in [0, 0.05) is 30.9 Å². The molecular formula is C21H21FN6O3S. The monoisotopic (exact) mass is 456 g/mol. The molecule has 0 fully saturated rings. The highest BCUT2D eigenvalue weighted by molar-refractivity contribution is 7.91. The van der Waals surface area contributed by atoms with E-state index in [0.717, 1.165) is 18.4 Å². The summed E-state index contributed by atoms with van der Waals surface area (Å²) < 4.78 is 38.7. The van der Waals surface area contributed by atoms with Crippen LogP contribution < -0.4 is 15.2 Å². The molecule has 1 aromatic carbocycles. The number of fused-ring (bicyclic) bond motifs is 2. The second kappa shape index (κ2) is 7.99. The predicted octanol–water partition coefficient (Wildman–Crippen LogP) is 3.29. The summed E-state index contributed by atoms with van der Waals surface area (Å²) in [4.78, 5) is 16.9. The summed E-state index contributed by atoms with van der Waals surface area (Å²) in [5.74, 6) is -0.0500. The third-order valence-electron chi connectivity index (χ3n) is 5.62. The molecule has 0 saturated heterocycles. The Morgan fingerprint density at radius 3 is 2.84 bits per heavy atom. The van der Waals surface area contributed by atoms with Crippen molar-refractivity contribution in [3.05, 3.63) is 53.7 Å². The lowest BCUT2D eigenvalue weighted by Crippen LogP contribution is -2.21. The molecule has 9 nitrogen and oxygen atoms in total. The Morgan fingerprint density at radius 2 is 2.03 bits per heavy atom. The Kier molecular flexibility index (Phi) is 5.14. The van der Waals surface area contributed by atoms with Crippen molar-refractivity contribution >= 4 is 21.6 Å². The maximum absolute atomic E-state index is 14.7. The standard InChI is InChI=1S/C21H21FN6O3S/c22-17-11-16(13-5-7-24-8-6-13)19(15-4-1-3-14(15)17)26-21(29)27-32(23,30)18-12-25-28-9-2-10-31-20(18)28/h5-8,11-12H,1-4,9-10H2,(H3,23,26,27,29,30)/t32-/m0/s1. The SMILES string of the molecule is N[S@](=O)(=NC(=O)Nc1c(-c2ccncc2)cc(F)c2c1CCC2)c1cnn2c1OCCC2. The Labute approximate surface area is 184 Å². The number of aromatic nitrogens is 3. The van der Waals surface area contributed by atoms with Crippen LogP contribution in [0.15, 0.2) is 46.0 Å². The third kappa shape index (κ3) is 3.63. The van der Waals surface area contributed by atoms with Gasteiger partial charge in [0.25, 0.3) is 0 Å². The Balaban J connectivity index is 1.54. The average molecular weight is 457 g/mol. The number of halogens is 1. The van der Waals surface area contributed by atoms with Gasteiger partial charge in [0.15, 0.2) is 9.92 Å². The van der Waals surface area contributed by atoms with Crippen molar-refractivity contribution in [3.63, 3.8) is 0 Å². The summed E-state index contributed by atoms with van der Waals surface area (Å²) in [6.07, 6.45) is 7.25. The normalized spacial score (nSPS) is 16.4. The smallest absolute Gasteiger partial charge is 0.354 e. The summed E-state index contributed by atoms with van der Waals surface area (Å²) in [5.41, 5.74) is 2.93. The number of nitrogens with one attached hydrogen (secondary N) is 1. The van der Waals surface area contributed by atoms with E-state index in [1.165, 1.54) is 12.3 Å². The first-order valence-electron chi connectivity index (χ1n) is 10.2. The number of anilines is 1. The van der Waals surface area contributed by atoms with Gasteiger partial charge in [0.2, 0.25) is 5.88 Å². The van der Waals surface area contributed by atoms with E-state index in [1.807, 2.05) is 0 Å². The van der Waals surface area contributed by atoms with Gasteiger partial charge in [-0.25, -0.2) is 23.2 Å². The van der Waals surface area contributed by atoms with Gasteiger partial charge in [-0.3, -0.25) is 4.98 Å². The van der Waals surface area contributed by atoms with E-state index in [1.54, 1.807) is 29.2 Å². The zero-order valence-electron chi connectivity index (χ0n) is 17.1. The number of ether oxygens (including phenoxy) is 1. The van der Waals surface area contributed by atoms with Gasteiger partial charge < -0.3 is 10.1 Å². The summed E-state index contributed by atoms with van der Waals surface area (Å²) >= 11 is 0. The molecule has 3 aromatic rings. The van der Waals surface area contributed by atoms with Gasteiger partial charge in [-0.2, -0.15) is 5.10 Å². The molecule has 32 heavy (non-hydrogen) atoms. The quantitative estimate of drug-likeness (QED) is 0.626. The highest BCUT2D eigenvalue weighted by Gasteiger charge is 2.26. The number of hydrogen-bond acceptors (Lipinski definition) is 5. The van der Waals surface area contributed by atoms with Crippen LogP contribution in [0.25, 0.3) is 11.1 Å². The molecule has 0 saturated carbocycles. The zero-order chi connectivity index (χ0) is 22.3. The molecular weight excluding hydrogens is 435 g/mol. The topological polar surface area (TPSA) is 124 Å². The van der Waals surface area contributed by atoms with Crippen molar-refractivity contribution in [2.45, 2.75) is 37.1 Å². The molecule has 5 rings (SSSR count). The molecule has 1 atom stereocenters. The molecule has 11 heteroatoms. The molecule has 2 aromatic heterocycles. The average Bonchev–Trinajstić information content (AvgIpc) is 3.44. The number of hydrogen-bond donors (Lipinski definition) is 2. The first kappa shape index (κ1) is 20.6. The van der Waals surface area contributed by atoms with E-state index in [9.17, 15) is 13.4 Å². The molecule has 1 aliphatic carbocycles. The number of carbonyl (C=O) groups excluding carboxylic acids is 1. The predicted molar refractivity (Wildman–Crippen MR) is 116 cm³/mol. The maximum Gasteiger partial charge on any atom is 0.354 e. The first-order chi connectivity index (χ1) is 15.4. The lowest BCUT2D eigenvalue weighted by Gasteiger charge is -2.17. The number of nitrogens with two attached hydrogens (primary N) is 1. The van der Waals surface area contributed by atoms with Crippen molar-refractivity contribution in [2.24, 2.45) is 9.50 Å². The van der Waals surface area contributed by atoms with Crippen LogP contribution in [-0.2, 0) is 29.3 Å². The van der Waals surface area contributed by atoms with E-state index < -0.39 is 15.9 Å². The van der Waals surface area contributed by atoms with Gasteiger partial charge >= 0.3 is 6.03 Å². The lowest BCUT2D eigenvalue weighted by molar-refractivity contribution is 0.224. The largest absolute Gasteiger partial charge is 0.477 e. The van der Waals surface area contributed by atoms with E-state index in [0.29, 0.717) is 48.4 Å². The second-order valence-electron chi connectivity index (χ2n) is 7.66. The molecule has 0 bridgehead atoms. The van der Waals surface area contributed by atoms with Crippen molar-refractivity contribution in [3.8, 4) is 17.0 Å². The molecule has 2 aliphatic rings. The number of urea groups is 1. The van der Waals surface area contributed by atoms with E-state index in [-0.39, 0.29) is 16.6 Å². The zero-order valence-corrected chi connectivity index (χ0v) is 17.9. The van der Waals surface area contributed by atoms with Crippen molar-refractivity contribution in [1.29, 1.82) is 0 Å². The summed E-state index contributed by atoms with van der Waals surface area (Å²) in [7, 11) is -3.61. The lowest BCUT2D eigenvalue weighted by atomic mass is 9.97. The summed E-state index contributed by atoms with van der Waals surface area (Å²) in [6.45, 7) is 1.05. The number of nitrogens with zero attached hydrogens (tertiary/aromatic N) is 4. The minimum Gasteiger partial charge on any atom is -0.477 e. The minimum absolute atomic E-state index is 0.0750. The van der Waals surface area contributed by atoms with Crippen molar-refractivity contribution < 1.29 is 18.1 Å². The first-order valence-corrected chi connectivity index (χ1v) is 11.8. The van der Waals surface area contributed by atoms with Crippen LogP contribution >= 0.6 is 0 Å². The molecule has 3 N–H and O–H groups in total. The van der Waals surface area contributed by atoms with Gasteiger partial charge in [0.1, 0.15) is 10.7 Å². The van der Waals surface area contributed by atoms with Gasteiger partial charge in [-0.1, -0.05) is 0 Å². The van der Waals surface area contributed by atoms with Gasteiger partial charge in [0.05, 0.1) is 18.5 Å². The summed E-state index contributed by atoms with van der Waals surface area (Å²) in [6, 6.07) is 3.97. The highest BCUT2D eigenvalue weighted by Crippen LogP contribution is 2.39. The van der Waals surface area contributed by atoms with Crippen molar-refractivity contribution in [1.82, 2.24) is 14.8 Å². The second-order valence-corrected chi connectivity index (χ2v) is 9.42. The molecule has 166 valence electrons. The molecule has 2 amide bonds. The number of pyridine rings is 1. The van der Waals surface area contributed by atoms with Crippen LogP contribution in [0.2, 0.25) is 0 Å². The molecule has 3 heterocycles. The highest BCUT2D eigenvalue weighted by atomic mass is 32.2. The van der Waals surface area contributed by atoms with Crippen LogP contribution in [0.1, 0.15) is 24.0 Å². The Morgan fingerprint density at radius 1 is 1.25 bits per heavy atom. The number of benzene rings is 1. The van der Waals surface area contributed by atoms with Gasteiger partial charge in [-0.05, 0) is 54.2 Å². The summed E-state index contributed by atoms with van der Waals surface area (Å²) in [5, 5.41) is 12.8. The Hall–Kier alpha value is -3.31. The number of carbonyl (C=O) groups is 1. The number of aryl methyl sites for hydroxylation is 1. The van der Waals surface area contributed by atoms with E-state index >= 15 is 0 Å². The fourth-order valence-corrected chi connectivity index (χ4v) is 5.18. The van der Waals surface area contributed by atoms with E-state index in [2.05, 4.69) is 19.8 Å². The van der Waals surface area contributed by atoms with Gasteiger partial charge in [-0.15, -0.1) is 4.36 Å². The van der Waals surface area contributed by atoms with Crippen LogP contribution in [-0.4, -0.2) is 31.6 Å². The fraction of sp³-hybridized carbons (Fsp3) is 0.286. The van der Waals surface area contributed by atoms with Crippen LogP contribution in [0.3, 0.4) is 0 Å². The molecule has 1 aliphatic heterocycles.